The van der Waals surface area contributed by atoms with Crippen LogP contribution in [0.2, 0.25) is 5.02 Å². The number of hydrogen-bond acceptors (Lipinski definition) is 4. The fourth-order valence-corrected chi connectivity index (χ4v) is 1.94. The van der Waals surface area contributed by atoms with Gasteiger partial charge in [0.15, 0.2) is 11.5 Å². The molecule has 22 heavy (non-hydrogen) atoms. The van der Waals surface area contributed by atoms with Gasteiger partial charge in [-0.15, -0.1) is 0 Å². The summed E-state index contributed by atoms with van der Waals surface area (Å²) >= 11 is 5.78. The minimum Gasteiger partial charge on any atom is -0.504 e. The maximum atomic E-state index is 11.8. The standard InChI is InChI=1S/C16H15ClN2O3/c1-22-14-4-2-3-12(16(14)21)10-18-19-15(20)9-11-5-7-13(17)8-6-11/h2-8,10,21H,9H2,1H3,(H,19,20). The first-order chi connectivity index (χ1) is 10.6. The second-order valence-electron chi connectivity index (χ2n) is 4.49. The highest BCUT2D eigenvalue weighted by molar-refractivity contribution is 6.30. The van der Waals surface area contributed by atoms with E-state index in [2.05, 4.69) is 10.5 Å². The summed E-state index contributed by atoms with van der Waals surface area (Å²) in [6.45, 7) is 0. The number of phenolic OH excluding ortho intramolecular Hbond substituents is 1. The molecule has 2 aromatic rings. The van der Waals surface area contributed by atoms with Crippen LogP contribution >= 0.6 is 11.6 Å². The lowest BCUT2D eigenvalue weighted by Gasteiger charge is -2.05. The number of nitrogens with zero attached hydrogens (tertiary/aromatic N) is 1. The van der Waals surface area contributed by atoms with Gasteiger partial charge in [-0.1, -0.05) is 29.8 Å². The van der Waals surface area contributed by atoms with Gasteiger partial charge in [-0.2, -0.15) is 5.10 Å². The number of nitrogens with one attached hydrogen (secondary N) is 1. The predicted molar refractivity (Wildman–Crippen MR) is 85.6 cm³/mol. The third-order valence-electron chi connectivity index (χ3n) is 2.92. The molecule has 0 heterocycles. The number of halogens is 1. The Hall–Kier alpha value is -2.53. The molecule has 0 spiro atoms. The molecule has 0 aliphatic heterocycles. The lowest BCUT2D eigenvalue weighted by atomic mass is 10.1. The summed E-state index contributed by atoms with van der Waals surface area (Å²) in [6.07, 6.45) is 1.55. The summed E-state index contributed by atoms with van der Waals surface area (Å²) in [7, 11) is 1.46. The summed E-state index contributed by atoms with van der Waals surface area (Å²) in [4.78, 5) is 11.8. The first kappa shape index (κ1) is 15.9. The minimum atomic E-state index is -0.263. The fourth-order valence-electron chi connectivity index (χ4n) is 1.81. The van der Waals surface area contributed by atoms with Crippen LogP contribution in [0.3, 0.4) is 0 Å². The number of hydrogen-bond donors (Lipinski definition) is 2. The third kappa shape index (κ3) is 4.23. The molecule has 0 aromatic heterocycles. The topological polar surface area (TPSA) is 70.9 Å². The van der Waals surface area contributed by atoms with E-state index in [1.165, 1.54) is 13.3 Å². The summed E-state index contributed by atoms with van der Waals surface area (Å²) in [5, 5.41) is 14.3. The van der Waals surface area contributed by atoms with Gasteiger partial charge in [-0.05, 0) is 29.8 Å². The quantitative estimate of drug-likeness (QED) is 0.658. The van der Waals surface area contributed by atoms with E-state index in [4.69, 9.17) is 16.3 Å². The van der Waals surface area contributed by atoms with Crippen LogP contribution in [0.25, 0.3) is 0 Å². The molecule has 5 nitrogen and oxygen atoms in total. The van der Waals surface area contributed by atoms with Crippen molar-refractivity contribution in [3.63, 3.8) is 0 Å². The van der Waals surface area contributed by atoms with E-state index in [-0.39, 0.29) is 18.1 Å². The van der Waals surface area contributed by atoms with E-state index in [1.807, 2.05) is 0 Å². The molecule has 2 aromatic carbocycles. The zero-order valence-electron chi connectivity index (χ0n) is 11.9. The molecule has 0 saturated heterocycles. The van der Waals surface area contributed by atoms with E-state index in [1.54, 1.807) is 42.5 Å². The molecule has 0 unspecified atom stereocenters. The molecule has 2 rings (SSSR count). The van der Waals surface area contributed by atoms with Gasteiger partial charge in [-0.25, -0.2) is 5.43 Å². The molecule has 114 valence electrons. The van der Waals surface area contributed by atoms with Crippen molar-refractivity contribution >= 4 is 23.7 Å². The van der Waals surface area contributed by atoms with Crippen molar-refractivity contribution in [3.05, 3.63) is 58.6 Å². The molecule has 6 heteroatoms. The molecule has 0 atom stereocenters. The van der Waals surface area contributed by atoms with Gasteiger partial charge in [0, 0.05) is 10.6 Å². The van der Waals surface area contributed by atoms with Gasteiger partial charge in [0.05, 0.1) is 19.7 Å². The van der Waals surface area contributed by atoms with Crippen LogP contribution in [0.5, 0.6) is 11.5 Å². The Morgan fingerprint density at radius 3 is 2.73 bits per heavy atom. The Bertz CT molecular complexity index is 684. The second-order valence-corrected chi connectivity index (χ2v) is 4.93. The number of para-hydroxylation sites is 1. The third-order valence-corrected chi connectivity index (χ3v) is 3.17. The van der Waals surface area contributed by atoms with E-state index in [0.717, 1.165) is 5.56 Å². The highest BCUT2D eigenvalue weighted by atomic mass is 35.5. The van der Waals surface area contributed by atoms with Crippen LogP contribution in [-0.2, 0) is 11.2 Å². The van der Waals surface area contributed by atoms with Crippen molar-refractivity contribution in [1.29, 1.82) is 0 Å². The maximum absolute atomic E-state index is 11.8. The zero-order chi connectivity index (χ0) is 15.9. The van der Waals surface area contributed by atoms with Crippen LogP contribution in [-0.4, -0.2) is 24.3 Å². The van der Waals surface area contributed by atoms with Crippen molar-refractivity contribution in [1.82, 2.24) is 5.43 Å². The average molecular weight is 319 g/mol. The highest BCUT2D eigenvalue weighted by Gasteiger charge is 2.05. The number of methoxy groups -OCH3 is 1. The monoisotopic (exact) mass is 318 g/mol. The van der Waals surface area contributed by atoms with Crippen molar-refractivity contribution in [2.75, 3.05) is 7.11 Å². The first-order valence-corrected chi connectivity index (χ1v) is 6.90. The van der Waals surface area contributed by atoms with Crippen molar-refractivity contribution in [3.8, 4) is 11.5 Å². The number of rotatable bonds is 5. The molecular formula is C16H15ClN2O3. The van der Waals surface area contributed by atoms with Gasteiger partial charge in [0.25, 0.3) is 0 Å². The predicted octanol–water partition coefficient (Wildman–Crippen LogP) is 2.75. The average Bonchev–Trinajstić information content (AvgIpc) is 2.51. The molecule has 0 radical (unpaired) electrons. The van der Waals surface area contributed by atoms with E-state index < -0.39 is 0 Å². The fraction of sp³-hybridized carbons (Fsp3) is 0.125. The number of ether oxygens (including phenoxy) is 1. The zero-order valence-corrected chi connectivity index (χ0v) is 12.7. The first-order valence-electron chi connectivity index (χ1n) is 6.52. The summed E-state index contributed by atoms with van der Waals surface area (Å²) in [5.41, 5.74) is 3.69. The Balaban J connectivity index is 1.94. The number of phenols is 1. The molecule has 1 amide bonds. The number of carbonyl (C=O) groups excluding carboxylic acids is 1. The van der Waals surface area contributed by atoms with Crippen molar-refractivity contribution in [2.45, 2.75) is 6.42 Å². The largest absolute Gasteiger partial charge is 0.504 e. The Morgan fingerprint density at radius 1 is 1.32 bits per heavy atom. The lowest BCUT2D eigenvalue weighted by molar-refractivity contribution is -0.120. The van der Waals surface area contributed by atoms with Gasteiger partial charge in [0.2, 0.25) is 5.91 Å². The van der Waals surface area contributed by atoms with E-state index in [0.29, 0.717) is 16.3 Å². The number of amides is 1. The van der Waals surface area contributed by atoms with Crippen LogP contribution in [0, 0.1) is 0 Å². The number of benzene rings is 2. The smallest absolute Gasteiger partial charge is 0.244 e. The van der Waals surface area contributed by atoms with Crippen LogP contribution < -0.4 is 10.2 Å². The molecule has 0 bridgehead atoms. The normalized spacial score (nSPS) is 10.6. The van der Waals surface area contributed by atoms with Gasteiger partial charge >= 0.3 is 0 Å². The Morgan fingerprint density at radius 2 is 2.05 bits per heavy atom. The molecule has 0 fully saturated rings. The van der Waals surface area contributed by atoms with E-state index in [9.17, 15) is 9.90 Å². The van der Waals surface area contributed by atoms with Crippen molar-refractivity contribution < 1.29 is 14.6 Å². The molecule has 2 N–H and O–H groups in total. The second kappa shape index (κ2) is 7.47. The van der Waals surface area contributed by atoms with Gasteiger partial charge in [0.1, 0.15) is 0 Å². The molecule has 0 aliphatic carbocycles. The Labute approximate surface area is 133 Å². The lowest BCUT2D eigenvalue weighted by Crippen LogP contribution is -2.19. The van der Waals surface area contributed by atoms with E-state index >= 15 is 0 Å². The number of hydrazone groups is 1. The minimum absolute atomic E-state index is 0.0271. The molecule has 0 aliphatic rings. The molecule has 0 saturated carbocycles. The SMILES string of the molecule is COc1cccc(C=NNC(=O)Cc2ccc(Cl)cc2)c1O. The highest BCUT2D eigenvalue weighted by Crippen LogP contribution is 2.27. The van der Waals surface area contributed by atoms with Crippen molar-refractivity contribution in [2.24, 2.45) is 5.10 Å². The maximum Gasteiger partial charge on any atom is 0.244 e. The summed E-state index contributed by atoms with van der Waals surface area (Å²) in [6, 6.07) is 12.0. The van der Waals surface area contributed by atoms with Crippen LogP contribution in [0.4, 0.5) is 0 Å². The van der Waals surface area contributed by atoms with Crippen LogP contribution in [0.1, 0.15) is 11.1 Å². The summed E-state index contributed by atoms with van der Waals surface area (Å²) in [5.74, 6) is 0.0538. The molecular weight excluding hydrogens is 304 g/mol. The van der Waals surface area contributed by atoms with Crippen LogP contribution in [0.15, 0.2) is 47.6 Å². The van der Waals surface area contributed by atoms with Gasteiger partial charge in [-0.3, -0.25) is 4.79 Å². The number of aromatic hydroxyl groups is 1. The van der Waals surface area contributed by atoms with Gasteiger partial charge < -0.3 is 9.84 Å². The Kier molecular flexibility index (Phi) is 5.38. The number of carbonyl (C=O) groups is 1. The summed E-state index contributed by atoms with van der Waals surface area (Å²) < 4.78 is 4.99.